The summed E-state index contributed by atoms with van der Waals surface area (Å²) in [6, 6.07) is 1.30. The van der Waals surface area contributed by atoms with E-state index in [0.717, 1.165) is 22.8 Å². The van der Waals surface area contributed by atoms with Gasteiger partial charge in [0, 0.05) is 23.8 Å². The monoisotopic (exact) mass is 278 g/mol. The fraction of sp³-hybridized carbons (Fsp3) is 0.273. The molecule has 0 spiro atoms. The summed E-state index contributed by atoms with van der Waals surface area (Å²) in [5.41, 5.74) is 1.53. The quantitative estimate of drug-likeness (QED) is 0.885. The number of amides is 1. The molecule has 98 valence electrons. The molecule has 1 amide bonds. The number of carbonyl (C=O) groups excluding carboxylic acids is 1. The predicted molar refractivity (Wildman–Crippen MR) is 68.6 cm³/mol. The van der Waals surface area contributed by atoms with Gasteiger partial charge in [0.05, 0.1) is 17.6 Å². The second kappa shape index (κ2) is 4.88. The molecule has 1 aliphatic rings. The third-order valence-corrected chi connectivity index (χ3v) is 3.68. The van der Waals surface area contributed by atoms with Crippen LogP contribution in [0.3, 0.4) is 0 Å². The summed E-state index contributed by atoms with van der Waals surface area (Å²) in [6.07, 6.45) is 2.71. The number of aromatic nitrogens is 3. The average molecular weight is 278 g/mol. The highest BCUT2D eigenvalue weighted by Crippen LogP contribution is 2.34. The molecule has 0 saturated carbocycles. The minimum atomic E-state index is -0.342. The van der Waals surface area contributed by atoms with Crippen LogP contribution in [0.4, 0.5) is 5.88 Å². The molecule has 2 aromatic heterocycles. The maximum absolute atomic E-state index is 11.8. The fourth-order valence-electron chi connectivity index (χ4n) is 1.77. The van der Waals surface area contributed by atoms with Gasteiger partial charge in [-0.05, 0) is 0 Å². The number of rotatable bonds is 3. The number of nitrogens with one attached hydrogen (secondary N) is 1. The van der Waals surface area contributed by atoms with E-state index in [1.807, 2.05) is 0 Å². The summed E-state index contributed by atoms with van der Waals surface area (Å²) in [4.78, 5) is 27.1. The smallest absolute Gasteiger partial charge is 0.253 e. The zero-order chi connectivity index (χ0) is 13.2. The van der Waals surface area contributed by atoms with Crippen molar-refractivity contribution in [3.05, 3.63) is 40.2 Å². The van der Waals surface area contributed by atoms with Crippen molar-refractivity contribution >= 4 is 23.6 Å². The van der Waals surface area contributed by atoms with Gasteiger partial charge in [0.1, 0.15) is 6.54 Å². The third kappa shape index (κ3) is 2.39. The van der Waals surface area contributed by atoms with Crippen molar-refractivity contribution in [2.75, 3.05) is 5.32 Å². The van der Waals surface area contributed by atoms with Gasteiger partial charge in [-0.25, -0.2) is 4.98 Å². The topological polar surface area (TPSA) is 90.0 Å². The molecule has 19 heavy (non-hydrogen) atoms. The second-order valence-corrected chi connectivity index (χ2v) is 5.01. The minimum absolute atomic E-state index is 0.102. The number of hydrogen-bond donors (Lipinski definition) is 1. The van der Waals surface area contributed by atoms with Crippen LogP contribution in [0.25, 0.3) is 0 Å². The molecular weight excluding hydrogens is 268 g/mol. The van der Waals surface area contributed by atoms with E-state index in [2.05, 4.69) is 15.5 Å². The maximum Gasteiger partial charge on any atom is 0.253 e. The molecule has 7 nitrogen and oxygen atoms in total. The first kappa shape index (κ1) is 12.0. The molecule has 0 atom stereocenters. The van der Waals surface area contributed by atoms with Crippen LogP contribution < -0.4 is 10.9 Å². The lowest BCUT2D eigenvalue weighted by Crippen LogP contribution is -2.27. The molecule has 0 bridgehead atoms. The van der Waals surface area contributed by atoms with E-state index >= 15 is 0 Å². The summed E-state index contributed by atoms with van der Waals surface area (Å²) in [5, 5.41) is 6.51. The molecule has 1 N–H and O–H groups in total. The zero-order valence-corrected chi connectivity index (χ0v) is 10.6. The average Bonchev–Trinajstić information content (AvgIpc) is 2.97. The molecule has 0 radical (unpaired) electrons. The molecule has 0 aromatic carbocycles. The van der Waals surface area contributed by atoms with Crippen molar-refractivity contribution in [1.29, 1.82) is 0 Å². The van der Waals surface area contributed by atoms with Gasteiger partial charge in [-0.2, -0.15) is 11.8 Å². The van der Waals surface area contributed by atoms with Gasteiger partial charge in [0.15, 0.2) is 0 Å². The van der Waals surface area contributed by atoms with Crippen molar-refractivity contribution in [3.8, 4) is 0 Å². The van der Waals surface area contributed by atoms with Gasteiger partial charge >= 0.3 is 0 Å². The Balaban J connectivity index is 1.72. The van der Waals surface area contributed by atoms with Crippen LogP contribution in [0, 0.1) is 0 Å². The van der Waals surface area contributed by atoms with Crippen LogP contribution in [0.5, 0.6) is 0 Å². The van der Waals surface area contributed by atoms with Crippen LogP contribution in [-0.2, 0) is 22.8 Å². The van der Waals surface area contributed by atoms with Crippen LogP contribution in [0.2, 0.25) is 0 Å². The standard InChI is InChI=1S/C11H10N4O3S/c16-9(3-15-6-12-2-1-10(15)17)13-11-7-4-19-5-8(7)14-18-11/h1-2,6H,3-5H2,(H,13,16). The molecule has 1 aliphatic heterocycles. The van der Waals surface area contributed by atoms with Crippen LogP contribution in [0.1, 0.15) is 11.3 Å². The SMILES string of the molecule is O=C(Cn1cnccc1=O)Nc1onc2c1CSC2. The van der Waals surface area contributed by atoms with Crippen LogP contribution in [-0.4, -0.2) is 20.6 Å². The predicted octanol–water partition coefficient (Wildman–Crippen LogP) is 0.617. The third-order valence-electron chi connectivity index (χ3n) is 2.71. The zero-order valence-electron chi connectivity index (χ0n) is 9.83. The van der Waals surface area contributed by atoms with Crippen molar-refractivity contribution in [3.63, 3.8) is 0 Å². The molecule has 3 heterocycles. The lowest BCUT2D eigenvalue weighted by Gasteiger charge is -2.04. The lowest BCUT2D eigenvalue weighted by molar-refractivity contribution is -0.116. The Labute approximate surface area is 112 Å². The first-order valence-electron chi connectivity index (χ1n) is 5.59. The van der Waals surface area contributed by atoms with E-state index in [0.29, 0.717) is 5.88 Å². The largest absolute Gasteiger partial charge is 0.338 e. The normalized spacial score (nSPS) is 13.3. The Morgan fingerprint density at radius 1 is 1.53 bits per heavy atom. The fourth-order valence-corrected chi connectivity index (χ4v) is 2.79. The number of fused-ring (bicyclic) bond motifs is 1. The molecule has 8 heteroatoms. The van der Waals surface area contributed by atoms with E-state index < -0.39 is 0 Å². The summed E-state index contributed by atoms with van der Waals surface area (Å²) < 4.78 is 6.30. The van der Waals surface area contributed by atoms with Gasteiger partial charge in [0.2, 0.25) is 11.8 Å². The van der Waals surface area contributed by atoms with Crippen LogP contribution in [0.15, 0.2) is 27.9 Å². The number of hydrogen-bond acceptors (Lipinski definition) is 6. The first-order valence-corrected chi connectivity index (χ1v) is 6.75. The van der Waals surface area contributed by atoms with Gasteiger partial charge < -0.3 is 4.52 Å². The van der Waals surface area contributed by atoms with E-state index in [1.165, 1.54) is 23.2 Å². The summed E-state index contributed by atoms with van der Waals surface area (Å²) in [5.74, 6) is 1.62. The molecule has 0 fully saturated rings. The van der Waals surface area contributed by atoms with Gasteiger partial charge in [-0.3, -0.25) is 19.5 Å². The summed E-state index contributed by atoms with van der Waals surface area (Å²) >= 11 is 1.72. The van der Waals surface area contributed by atoms with Gasteiger partial charge in [-0.15, -0.1) is 0 Å². The summed E-state index contributed by atoms with van der Waals surface area (Å²) in [7, 11) is 0. The maximum atomic E-state index is 11.8. The van der Waals surface area contributed by atoms with Crippen molar-refractivity contribution in [1.82, 2.24) is 14.7 Å². The van der Waals surface area contributed by atoms with E-state index in [-0.39, 0.29) is 18.0 Å². The van der Waals surface area contributed by atoms with E-state index in [9.17, 15) is 9.59 Å². The van der Waals surface area contributed by atoms with Gasteiger partial charge in [0.25, 0.3) is 5.56 Å². The van der Waals surface area contributed by atoms with Gasteiger partial charge in [-0.1, -0.05) is 5.16 Å². The Morgan fingerprint density at radius 2 is 2.42 bits per heavy atom. The second-order valence-electron chi connectivity index (χ2n) is 4.02. The van der Waals surface area contributed by atoms with Crippen LogP contribution >= 0.6 is 11.8 Å². The Hall–Kier alpha value is -2.09. The molecule has 2 aromatic rings. The van der Waals surface area contributed by atoms with E-state index in [4.69, 9.17) is 4.52 Å². The molecular formula is C11H10N4O3S. The van der Waals surface area contributed by atoms with Crippen molar-refractivity contribution in [2.24, 2.45) is 0 Å². The number of anilines is 1. The Bertz CT molecular complexity index is 679. The first-order chi connectivity index (χ1) is 9.24. The molecule has 3 rings (SSSR count). The highest BCUT2D eigenvalue weighted by atomic mass is 32.2. The molecule has 0 saturated heterocycles. The highest BCUT2D eigenvalue weighted by molar-refractivity contribution is 7.98. The molecule has 0 unspecified atom stereocenters. The highest BCUT2D eigenvalue weighted by Gasteiger charge is 2.22. The lowest BCUT2D eigenvalue weighted by atomic mass is 10.3. The number of thioether (sulfide) groups is 1. The van der Waals surface area contributed by atoms with Crippen molar-refractivity contribution in [2.45, 2.75) is 18.1 Å². The Morgan fingerprint density at radius 3 is 3.26 bits per heavy atom. The molecule has 0 aliphatic carbocycles. The summed E-state index contributed by atoms with van der Waals surface area (Å²) in [6.45, 7) is -0.102. The van der Waals surface area contributed by atoms with E-state index in [1.54, 1.807) is 11.8 Å². The van der Waals surface area contributed by atoms with Crippen molar-refractivity contribution < 1.29 is 9.32 Å². The number of nitrogens with zero attached hydrogens (tertiary/aromatic N) is 3. The Kier molecular flexibility index (Phi) is 3.08. The minimum Gasteiger partial charge on any atom is -0.338 e. The number of carbonyl (C=O) groups is 1.